The summed E-state index contributed by atoms with van der Waals surface area (Å²) in [5.74, 6) is -3.33. The molecule has 0 radical (unpaired) electrons. The fourth-order valence-electron chi connectivity index (χ4n) is 7.41. The minimum atomic E-state index is -4.14. The number of aliphatic hydroxyl groups is 3. The van der Waals surface area contributed by atoms with E-state index in [2.05, 4.69) is 30.0 Å². The van der Waals surface area contributed by atoms with Gasteiger partial charge in [0.25, 0.3) is 11.1 Å². The number of nitrogens with one attached hydrogen (secondary N) is 2. The van der Waals surface area contributed by atoms with Crippen molar-refractivity contribution >= 4 is 37.5 Å². The average molecular weight is 1110 g/mol. The molecule has 2 saturated heterocycles. The van der Waals surface area contributed by atoms with Crippen LogP contribution in [0.1, 0.15) is 54.0 Å². The Bertz CT molecular complexity index is 3010. The largest absolute Gasteiger partial charge is 0.466 e. The second-order valence-electron chi connectivity index (χ2n) is 16.8. The maximum absolute atomic E-state index is 13.8. The van der Waals surface area contributed by atoms with E-state index in [1.165, 1.54) is 38.4 Å². The molecule has 28 nitrogen and oxygen atoms in total. The molecule has 0 amide bonds. The Hall–Kier alpha value is -6.53. The highest BCUT2D eigenvalue weighted by molar-refractivity contribution is 7.85. The zero-order chi connectivity index (χ0) is 55.7. The molecule has 0 spiro atoms. The lowest BCUT2D eigenvalue weighted by atomic mass is 9.98. The normalized spacial score (nSPS) is 25.0. The van der Waals surface area contributed by atoms with Crippen LogP contribution in [0.2, 0.25) is 0 Å². The van der Waals surface area contributed by atoms with Gasteiger partial charge in [-0.1, -0.05) is 74.3 Å². The standard InChI is InChI=1S/C22H28N5O9P.C12H16ClO4P.C10H13N5O5/c1-4-33-20(30)14(2)12-37(32,36-16-8-6-5-7-9-16)34-13-22(25-26-23)18(29)15(3)19(35-22)27-11-10-17(28)24-21(27)31;1-3-16-12(14)10(2)9-18(13,15)17-11-7-5-4-6-8-11;1-5-7(18)10(4-16,13-14-11)20-8(5)15-3-2-6(17)12-9(15)19/h5-11,14-15,18-19,29H,4,12-13H2,1-3H3,(H,24,28,31);4-8,10H,3,9H2,1-2H3;2-3,5,7-8,16,18H,4H2,1H3,(H,12,17,19)/t14-,15+,18+,19-,22-,37?;10-,18?;5-,7-,8+,10+/m110/s1. The van der Waals surface area contributed by atoms with Gasteiger partial charge in [-0.05, 0) is 60.4 Å². The summed E-state index contributed by atoms with van der Waals surface area (Å²) in [6.45, 7) is 5.11. The summed E-state index contributed by atoms with van der Waals surface area (Å²) in [6, 6.07) is 18.9. The number of para-hydroxylation sites is 2. The maximum atomic E-state index is 13.8. The summed E-state index contributed by atoms with van der Waals surface area (Å²) in [6.07, 6.45) is -3.02. The SMILES string of the molecule is CCOC(=O)[C@H](C)CP(=O)(Cl)Oc1ccccc1.CCOC(=O)[C@H](C)CP(=O)(OC[C@@]1(N=[N+]=[N-])O[C@@H](n2ccc(=O)[nH]c2=O)[C@@H](C)[C@@H]1O)Oc1ccccc1.C[C@@H]1[C@H](n2ccc(=O)[nH]c2=O)O[C@@](CO)(N=[N+]=[N-])[C@H]1O. The van der Waals surface area contributed by atoms with Crippen LogP contribution in [0.4, 0.5) is 0 Å². The highest BCUT2D eigenvalue weighted by atomic mass is 35.7. The Morgan fingerprint density at radius 3 is 1.57 bits per heavy atom. The van der Waals surface area contributed by atoms with Gasteiger partial charge in [-0.25, -0.2) is 14.2 Å². The number of aromatic amines is 2. The summed E-state index contributed by atoms with van der Waals surface area (Å²) in [5, 5.41) is 37.3. The van der Waals surface area contributed by atoms with Crippen LogP contribution < -0.4 is 31.5 Å². The first kappa shape index (κ1) is 61.0. The van der Waals surface area contributed by atoms with E-state index in [1.54, 1.807) is 70.2 Å². The number of hydrogen-bond donors (Lipinski definition) is 5. The molecule has 75 heavy (non-hydrogen) atoms. The van der Waals surface area contributed by atoms with Crippen LogP contribution in [0.3, 0.4) is 0 Å². The molecule has 31 heteroatoms. The quantitative estimate of drug-likeness (QED) is 0.0246. The highest BCUT2D eigenvalue weighted by Gasteiger charge is 2.56. The molecule has 2 unspecified atom stereocenters. The van der Waals surface area contributed by atoms with Crippen molar-refractivity contribution in [3.05, 3.63) is 148 Å². The summed E-state index contributed by atoms with van der Waals surface area (Å²) in [7, 11) is -4.14. The third-order valence-electron chi connectivity index (χ3n) is 11.2. The fourth-order valence-corrected chi connectivity index (χ4v) is 11.5. The second-order valence-corrected chi connectivity index (χ2v) is 22.1. The molecule has 2 aliphatic rings. The van der Waals surface area contributed by atoms with E-state index in [4.69, 9.17) is 49.3 Å². The van der Waals surface area contributed by atoms with Gasteiger partial charge in [0.05, 0.1) is 62.8 Å². The molecule has 2 aromatic heterocycles. The monoisotopic (exact) mass is 1110 g/mol. The van der Waals surface area contributed by atoms with Gasteiger partial charge in [-0.15, -0.1) is 0 Å². The van der Waals surface area contributed by atoms with E-state index in [-0.39, 0.29) is 31.3 Å². The Balaban J connectivity index is 0.000000269. The molecule has 4 heterocycles. The van der Waals surface area contributed by atoms with E-state index >= 15 is 0 Å². The van der Waals surface area contributed by atoms with E-state index in [9.17, 15) is 58.7 Å². The number of carbonyl (C=O) groups excluding carboxylic acids is 2. The van der Waals surface area contributed by atoms with E-state index in [1.807, 2.05) is 6.07 Å². The van der Waals surface area contributed by atoms with Crippen molar-refractivity contribution < 1.29 is 66.6 Å². The van der Waals surface area contributed by atoms with Crippen LogP contribution in [0.15, 0.2) is 115 Å². The molecule has 0 bridgehead atoms. The molecule has 5 N–H and O–H groups in total. The molecule has 4 aromatic rings. The number of H-pyrrole nitrogens is 2. The fraction of sp³-hybridized carbons (Fsp3) is 0.500. The molecule has 2 aliphatic heterocycles. The van der Waals surface area contributed by atoms with E-state index < -0.39 is 122 Å². The molecular formula is C44H57ClN10O18P2. The van der Waals surface area contributed by atoms with Gasteiger partial charge < -0.3 is 43.3 Å². The van der Waals surface area contributed by atoms with Crippen molar-refractivity contribution in [2.45, 2.75) is 77.7 Å². The van der Waals surface area contributed by atoms with Crippen LogP contribution >= 0.6 is 25.6 Å². The number of carbonyl (C=O) groups is 2. The predicted molar refractivity (Wildman–Crippen MR) is 267 cm³/mol. The number of esters is 2. The van der Waals surface area contributed by atoms with Gasteiger partial charge in [0.1, 0.15) is 24.0 Å². The lowest BCUT2D eigenvalue weighted by Crippen LogP contribution is -2.43. The number of azide groups is 2. The van der Waals surface area contributed by atoms with Gasteiger partial charge in [-0.2, -0.15) is 0 Å². The van der Waals surface area contributed by atoms with E-state index in [0.29, 0.717) is 5.75 Å². The second kappa shape index (κ2) is 27.3. The minimum Gasteiger partial charge on any atom is -0.466 e. The molecule has 6 rings (SSSR count). The summed E-state index contributed by atoms with van der Waals surface area (Å²) in [4.78, 5) is 79.6. The van der Waals surface area contributed by atoms with E-state index in [0.717, 1.165) is 21.3 Å². The molecule has 0 aliphatic carbocycles. The average Bonchev–Trinajstić information content (AvgIpc) is 3.75. The van der Waals surface area contributed by atoms with Crippen LogP contribution in [0.5, 0.6) is 11.5 Å². The first-order chi connectivity index (χ1) is 35.4. The van der Waals surface area contributed by atoms with Gasteiger partial charge in [0, 0.05) is 46.2 Å². The number of ether oxygens (including phenoxy) is 4. The number of aliphatic hydroxyl groups excluding tert-OH is 3. The lowest BCUT2D eigenvalue weighted by molar-refractivity contribution is -0.147. The van der Waals surface area contributed by atoms with Crippen molar-refractivity contribution in [2.75, 3.05) is 38.8 Å². The molecule has 0 saturated carbocycles. The van der Waals surface area contributed by atoms with Crippen molar-refractivity contribution in [1.29, 1.82) is 0 Å². The number of benzene rings is 2. The zero-order valence-electron chi connectivity index (χ0n) is 41.3. The van der Waals surface area contributed by atoms with Crippen LogP contribution in [-0.4, -0.2) is 109 Å². The third-order valence-corrected chi connectivity index (χ3v) is 15.3. The van der Waals surface area contributed by atoms with Crippen LogP contribution in [0, 0.1) is 23.7 Å². The van der Waals surface area contributed by atoms with Gasteiger partial charge >= 0.3 is 37.6 Å². The van der Waals surface area contributed by atoms with Gasteiger partial charge in [-0.3, -0.25) is 47.4 Å². The van der Waals surface area contributed by atoms with Crippen LogP contribution in [-0.2, 0) is 42.2 Å². The summed E-state index contributed by atoms with van der Waals surface area (Å²) < 4.78 is 65.5. The minimum absolute atomic E-state index is 0.0533. The molecular weight excluding hydrogens is 1050 g/mol. The van der Waals surface area contributed by atoms with Crippen molar-refractivity contribution in [2.24, 2.45) is 33.9 Å². The molecule has 12 atom stereocenters. The third kappa shape index (κ3) is 16.2. The zero-order valence-corrected chi connectivity index (χ0v) is 43.8. The van der Waals surface area contributed by atoms with Crippen molar-refractivity contribution in [1.82, 2.24) is 19.1 Å². The first-order valence-corrected chi connectivity index (χ1v) is 27.3. The number of nitrogens with zero attached hydrogens (tertiary/aromatic N) is 8. The van der Waals surface area contributed by atoms with Crippen LogP contribution in [0.25, 0.3) is 20.9 Å². The smallest absolute Gasteiger partial charge is 0.380 e. The van der Waals surface area contributed by atoms with Crippen molar-refractivity contribution in [3.8, 4) is 11.5 Å². The Morgan fingerprint density at radius 1 is 0.733 bits per heavy atom. The number of hydrogen-bond acceptors (Lipinski definition) is 20. The highest BCUT2D eigenvalue weighted by Crippen LogP contribution is 2.54. The Kier molecular flexibility index (Phi) is 22.2. The van der Waals surface area contributed by atoms with Crippen molar-refractivity contribution in [3.63, 3.8) is 0 Å². The topological polar surface area (TPSA) is 401 Å². The lowest BCUT2D eigenvalue weighted by Gasteiger charge is -2.29. The van der Waals surface area contributed by atoms with Gasteiger partial charge in [0.15, 0.2) is 11.4 Å². The number of rotatable bonds is 20. The Morgan fingerprint density at radius 2 is 1.15 bits per heavy atom. The Labute approximate surface area is 431 Å². The molecule has 2 aromatic carbocycles. The summed E-state index contributed by atoms with van der Waals surface area (Å²) >= 11 is 5.84. The first-order valence-electron chi connectivity index (χ1n) is 22.9. The summed E-state index contributed by atoms with van der Waals surface area (Å²) in [5.41, 5.74) is 11.0. The maximum Gasteiger partial charge on any atom is 0.380 e. The number of halogens is 1. The van der Waals surface area contributed by atoms with Gasteiger partial charge in [0.2, 0.25) is 0 Å². The molecule has 408 valence electrons. The predicted octanol–water partition coefficient (Wildman–Crippen LogP) is 5.31. The molecule has 2 fully saturated rings. The number of aromatic nitrogens is 4.